The third-order valence-corrected chi connectivity index (χ3v) is 3.00. The molecule has 0 saturated heterocycles. The standard InChI is InChI=1S/C15H11N3O3/c16-15(20)18-9-7-11-12(6-8-17-13(11)18)14(19)21-10-4-2-1-3-5-10/h1-9H,(H2,16,20). The maximum absolute atomic E-state index is 12.2. The van der Waals surface area contributed by atoms with Crippen molar-refractivity contribution < 1.29 is 14.3 Å². The molecule has 0 saturated carbocycles. The van der Waals surface area contributed by atoms with E-state index in [0.717, 1.165) is 0 Å². The molecular weight excluding hydrogens is 270 g/mol. The van der Waals surface area contributed by atoms with E-state index < -0.39 is 12.0 Å². The normalized spacial score (nSPS) is 10.5. The summed E-state index contributed by atoms with van der Waals surface area (Å²) in [6.45, 7) is 0. The molecule has 6 nitrogen and oxygen atoms in total. The highest BCUT2D eigenvalue weighted by atomic mass is 16.5. The Hall–Kier alpha value is -3.15. The first kappa shape index (κ1) is 12.9. The van der Waals surface area contributed by atoms with Crippen molar-refractivity contribution in [3.63, 3.8) is 0 Å². The van der Waals surface area contributed by atoms with Gasteiger partial charge in [0.05, 0.1) is 5.56 Å². The van der Waals surface area contributed by atoms with Crippen molar-refractivity contribution in [2.75, 3.05) is 0 Å². The molecule has 0 aliphatic rings. The summed E-state index contributed by atoms with van der Waals surface area (Å²) >= 11 is 0. The third-order valence-electron chi connectivity index (χ3n) is 3.00. The summed E-state index contributed by atoms with van der Waals surface area (Å²) in [6.07, 6.45) is 2.91. The zero-order valence-electron chi connectivity index (χ0n) is 10.9. The van der Waals surface area contributed by atoms with Crippen LogP contribution in [0.2, 0.25) is 0 Å². The number of nitrogens with zero attached hydrogens (tertiary/aromatic N) is 2. The van der Waals surface area contributed by atoms with Gasteiger partial charge in [-0.3, -0.25) is 4.57 Å². The smallest absolute Gasteiger partial charge is 0.344 e. The van der Waals surface area contributed by atoms with Gasteiger partial charge < -0.3 is 10.5 Å². The highest BCUT2D eigenvalue weighted by Crippen LogP contribution is 2.20. The minimum Gasteiger partial charge on any atom is -0.423 e. The molecule has 1 amide bonds. The first-order valence-electron chi connectivity index (χ1n) is 6.20. The van der Waals surface area contributed by atoms with Crippen molar-refractivity contribution in [2.45, 2.75) is 0 Å². The van der Waals surface area contributed by atoms with Crippen LogP contribution in [0.3, 0.4) is 0 Å². The Kier molecular flexibility index (Phi) is 3.12. The molecule has 0 aliphatic heterocycles. The van der Waals surface area contributed by atoms with E-state index in [0.29, 0.717) is 22.3 Å². The van der Waals surface area contributed by atoms with Crippen LogP contribution in [-0.2, 0) is 0 Å². The fraction of sp³-hybridized carbons (Fsp3) is 0. The molecule has 0 aliphatic carbocycles. The summed E-state index contributed by atoms with van der Waals surface area (Å²) in [4.78, 5) is 27.6. The summed E-state index contributed by atoms with van der Waals surface area (Å²) in [7, 11) is 0. The summed E-state index contributed by atoms with van der Waals surface area (Å²) in [6, 6.07) is 11.2. The van der Waals surface area contributed by atoms with E-state index in [1.165, 1.54) is 17.0 Å². The van der Waals surface area contributed by atoms with Gasteiger partial charge >= 0.3 is 12.0 Å². The van der Waals surface area contributed by atoms with E-state index in [1.807, 2.05) is 6.07 Å². The number of hydrogen-bond donors (Lipinski definition) is 1. The van der Waals surface area contributed by atoms with Crippen molar-refractivity contribution in [3.8, 4) is 5.75 Å². The van der Waals surface area contributed by atoms with Crippen LogP contribution in [0.1, 0.15) is 10.4 Å². The number of esters is 1. The summed E-state index contributed by atoms with van der Waals surface area (Å²) in [5.41, 5.74) is 5.89. The molecule has 0 unspecified atom stereocenters. The number of fused-ring (bicyclic) bond motifs is 1. The van der Waals surface area contributed by atoms with E-state index in [2.05, 4.69) is 4.98 Å². The molecule has 2 heterocycles. The van der Waals surface area contributed by atoms with Gasteiger partial charge in [0.1, 0.15) is 11.4 Å². The van der Waals surface area contributed by atoms with Crippen LogP contribution in [0.4, 0.5) is 4.79 Å². The SMILES string of the molecule is NC(=O)n1ccc2c(C(=O)Oc3ccccc3)ccnc21. The van der Waals surface area contributed by atoms with Crippen molar-refractivity contribution in [1.82, 2.24) is 9.55 Å². The largest absolute Gasteiger partial charge is 0.423 e. The van der Waals surface area contributed by atoms with E-state index in [4.69, 9.17) is 10.5 Å². The number of pyridine rings is 1. The lowest BCUT2D eigenvalue weighted by Gasteiger charge is -2.05. The van der Waals surface area contributed by atoms with E-state index in [-0.39, 0.29) is 0 Å². The molecule has 3 aromatic rings. The maximum Gasteiger partial charge on any atom is 0.344 e. The van der Waals surface area contributed by atoms with E-state index >= 15 is 0 Å². The number of hydrogen-bond acceptors (Lipinski definition) is 4. The Labute approximate surface area is 119 Å². The Morgan fingerprint density at radius 1 is 1.10 bits per heavy atom. The molecule has 0 atom stereocenters. The van der Waals surface area contributed by atoms with Crippen LogP contribution in [0.5, 0.6) is 5.75 Å². The van der Waals surface area contributed by atoms with Crippen LogP contribution < -0.4 is 10.5 Å². The molecule has 104 valence electrons. The topological polar surface area (TPSA) is 87.2 Å². The number of amides is 1. The van der Waals surface area contributed by atoms with E-state index in [1.54, 1.807) is 36.4 Å². The Morgan fingerprint density at radius 2 is 1.86 bits per heavy atom. The molecule has 2 N–H and O–H groups in total. The Bertz CT molecular complexity index is 825. The predicted molar refractivity (Wildman–Crippen MR) is 76.1 cm³/mol. The van der Waals surface area contributed by atoms with Gasteiger partial charge in [-0.05, 0) is 24.3 Å². The third kappa shape index (κ3) is 2.34. The van der Waals surface area contributed by atoms with Gasteiger partial charge in [0.25, 0.3) is 0 Å². The lowest BCUT2D eigenvalue weighted by molar-refractivity contribution is 0.0736. The predicted octanol–water partition coefficient (Wildman–Crippen LogP) is 2.18. The van der Waals surface area contributed by atoms with Crippen LogP contribution in [0.25, 0.3) is 11.0 Å². The molecule has 21 heavy (non-hydrogen) atoms. The van der Waals surface area contributed by atoms with Gasteiger partial charge in [-0.25, -0.2) is 14.6 Å². The summed E-state index contributed by atoms with van der Waals surface area (Å²) in [5, 5.41) is 0.511. The molecule has 0 fully saturated rings. The maximum atomic E-state index is 12.2. The number of nitrogens with two attached hydrogens (primary N) is 1. The van der Waals surface area contributed by atoms with Crippen molar-refractivity contribution in [3.05, 3.63) is 60.4 Å². The van der Waals surface area contributed by atoms with Crippen LogP contribution in [-0.4, -0.2) is 21.6 Å². The lowest BCUT2D eigenvalue weighted by Crippen LogP contribution is -2.18. The monoisotopic (exact) mass is 281 g/mol. The average Bonchev–Trinajstić information content (AvgIpc) is 2.92. The van der Waals surface area contributed by atoms with Crippen LogP contribution in [0, 0.1) is 0 Å². The second-order valence-electron chi connectivity index (χ2n) is 4.32. The quantitative estimate of drug-likeness (QED) is 0.576. The van der Waals surface area contributed by atoms with Gasteiger partial charge in [0.2, 0.25) is 0 Å². The lowest BCUT2D eigenvalue weighted by atomic mass is 10.2. The second-order valence-corrected chi connectivity index (χ2v) is 4.32. The van der Waals surface area contributed by atoms with Gasteiger partial charge in [-0.1, -0.05) is 18.2 Å². The number of carbonyl (C=O) groups excluding carboxylic acids is 2. The Morgan fingerprint density at radius 3 is 2.57 bits per heavy atom. The summed E-state index contributed by atoms with van der Waals surface area (Å²) < 4.78 is 6.46. The molecule has 1 aromatic carbocycles. The second kappa shape index (κ2) is 5.09. The molecule has 6 heteroatoms. The van der Waals surface area contributed by atoms with Crippen LogP contribution >= 0.6 is 0 Å². The molecule has 3 rings (SSSR count). The minimum absolute atomic E-state index is 0.323. The molecule has 0 bridgehead atoms. The number of rotatable bonds is 2. The first-order chi connectivity index (χ1) is 10.2. The van der Waals surface area contributed by atoms with E-state index in [9.17, 15) is 9.59 Å². The Balaban J connectivity index is 2.01. The molecule has 2 aromatic heterocycles. The number of benzene rings is 1. The molecule has 0 radical (unpaired) electrons. The summed E-state index contributed by atoms with van der Waals surface area (Å²) in [5.74, 6) is -0.0717. The van der Waals surface area contributed by atoms with Gasteiger partial charge in [0, 0.05) is 17.8 Å². The molecular formula is C15H11N3O3. The fourth-order valence-corrected chi connectivity index (χ4v) is 2.04. The van der Waals surface area contributed by atoms with Crippen molar-refractivity contribution in [2.24, 2.45) is 5.73 Å². The van der Waals surface area contributed by atoms with Gasteiger partial charge in [-0.2, -0.15) is 0 Å². The van der Waals surface area contributed by atoms with Gasteiger partial charge in [0.15, 0.2) is 0 Å². The fourth-order valence-electron chi connectivity index (χ4n) is 2.04. The number of primary amides is 1. The highest BCUT2D eigenvalue weighted by Gasteiger charge is 2.16. The molecule has 0 spiro atoms. The number of carbonyl (C=O) groups is 2. The number of aromatic nitrogens is 2. The zero-order chi connectivity index (χ0) is 14.8. The first-order valence-corrected chi connectivity index (χ1v) is 6.20. The van der Waals surface area contributed by atoms with Crippen LogP contribution in [0.15, 0.2) is 54.9 Å². The highest BCUT2D eigenvalue weighted by molar-refractivity contribution is 6.05. The average molecular weight is 281 g/mol. The number of ether oxygens (including phenoxy) is 1. The minimum atomic E-state index is -0.661. The zero-order valence-corrected chi connectivity index (χ0v) is 10.9. The van der Waals surface area contributed by atoms with Gasteiger partial charge in [-0.15, -0.1) is 0 Å². The van der Waals surface area contributed by atoms with Crippen molar-refractivity contribution >= 4 is 23.0 Å². The number of para-hydroxylation sites is 1. The van der Waals surface area contributed by atoms with Crippen molar-refractivity contribution in [1.29, 1.82) is 0 Å².